The molecule has 30 heavy (non-hydrogen) atoms. The molecule has 1 saturated heterocycles. The number of piperidine rings is 1. The summed E-state index contributed by atoms with van der Waals surface area (Å²) in [4.78, 5) is 24.1. The second-order valence-electron chi connectivity index (χ2n) is 7.70. The molecule has 0 amide bonds. The van der Waals surface area contributed by atoms with Gasteiger partial charge in [-0.15, -0.1) is 0 Å². The molecule has 8 heteroatoms. The third-order valence-electron chi connectivity index (χ3n) is 5.03. The first-order valence-corrected chi connectivity index (χ1v) is 11.2. The predicted octanol–water partition coefficient (Wildman–Crippen LogP) is 3.36. The topological polar surface area (TPSA) is 90.0 Å². The Morgan fingerprint density at radius 3 is 2.17 bits per heavy atom. The third kappa shape index (κ3) is 4.88. The van der Waals surface area contributed by atoms with Crippen LogP contribution in [-0.2, 0) is 14.8 Å². The van der Waals surface area contributed by atoms with Crippen LogP contribution in [-0.4, -0.2) is 44.9 Å². The van der Waals surface area contributed by atoms with Crippen molar-refractivity contribution in [1.82, 2.24) is 4.31 Å². The van der Waals surface area contributed by atoms with Crippen molar-refractivity contribution in [2.75, 3.05) is 20.2 Å². The van der Waals surface area contributed by atoms with E-state index in [2.05, 4.69) is 4.74 Å². The summed E-state index contributed by atoms with van der Waals surface area (Å²) >= 11 is 0. The van der Waals surface area contributed by atoms with Crippen LogP contribution in [0.3, 0.4) is 0 Å². The van der Waals surface area contributed by atoms with Gasteiger partial charge in [-0.2, -0.15) is 4.31 Å². The number of rotatable bonds is 5. The molecule has 3 rings (SSSR count). The molecule has 0 radical (unpaired) electrons. The van der Waals surface area contributed by atoms with Crippen LogP contribution in [0.2, 0.25) is 0 Å². The minimum atomic E-state index is -3.70. The standard InChI is InChI=1S/C22H25NO6S/c1-15-11-16(2)14-23(13-15)30(26,27)20-6-4-5-18(12-20)22(25)29-19-9-7-17(8-10-19)21(24)28-3/h4-10,12,15-16H,11,13-14H2,1-3H3. The quantitative estimate of drug-likeness (QED) is 0.533. The molecule has 0 aliphatic carbocycles. The molecule has 0 aromatic heterocycles. The molecule has 1 heterocycles. The van der Waals surface area contributed by atoms with Gasteiger partial charge in [0.25, 0.3) is 0 Å². The summed E-state index contributed by atoms with van der Waals surface area (Å²) in [6.45, 7) is 5.01. The Morgan fingerprint density at radius 1 is 0.933 bits per heavy atom. The average molecular weight is 432 g/mol. The van der Waals surface area contributed by atoms with E-state index in [0.717, 1.165) is 6.42 Å². The number of benzene rings is 2. The van der Waals surface area contributed by atoms with Gasteiger partial charge in [0.05, 0.1) is 23.1 Å². The zero-order valence-electron chi connectivity index (χ0n) is 17.2. The fraction of sp³-hybridized carbons (Fsp3) is 0.364. The van der Waals surface area contributed by atoms with Crippen LogP contribution in [0.15, 0.2) is 53.4 Å². The lowest BCUT2D eigenvalue weighted by Gasteiger charge is -2.34. The second kappa shape index (κ2) is 8.97. The van der Waals surface area contributed by atoms with Gasteiger partial charge in [0.15, 0.2) is 0 Å². The van der Waals surface area contributed by atoms with Crippen LogP contribution in [0.25, 0.3) is 0 Å². The van der Waals surface area contributed by atoms with Crippen molar-refractivity contribution in [3.8, 4) is 5.75 Å². The van der Waals surface area contributed by atoms with Crippen molar-refractivity contribution < 1.29 is 27.5 Å². The Balaban J connectivity index is 1.77. The van der Waals surface area contributed by atoms with Crippen LogP contribution in [0.5, 0.6) is 5.75 Å². The van der Waals surface area contributed by atoms with Crippen molar-refractivity contribution >= 4 is 22.0 Å². The first-order valence-electron chi connectivity index (χ1n) is 9.71. The minimum absolute atomic E-state index is 0.0688. The molecule has 0 bridgehead atoms. The Hall–Kier alpha value is -2.71. The van der Waals surface area contributed by atoms with Gasteiger partial charge in [-0.1, -0.05) is 19.9 Å². The fourth-order valence-electron chi connectivity index (χ4n) is 3.68. The molecule has 2 aromatic rings. The maximum absolute atomic E-state index is 13.1. The number of sulfonamides is 1. The van der Waals surface area contributed by atoms with Crippen molar-refractivity contribution in [2.45, 2.75) is 25.2 Å². The Bertz CT molecular complexity index is 1020. The lowest BCUT2D eigenvalue weighted by Crippen LogP contribution is -2.42. The molecule has 2 atom stereocenters. The Morgan fingerprint density at radius 2 is 1.57 bits per heavy atom. The van der Waals surface area contributed by atoms with Gasteiger partial charge in [-0.3, -0.25) is 0 Å². The minimum Gasteiger partial charge on any atom is -0.465 e. The maximum atomic E-state index is 13.1. The van der Waals surface area contributed by atoms with Gasteiger partial charge in [0, 0.05) is 13.1 Å². The molecule has 2 aromatic carbocycles. The van der Waals surface area contributed by atoms with Gasteiger partial charge >= 0.3 is 11.9 Å². The van der Waals surface area contributed by atoms with Gasteiger partial charge in [0.2, 0.25) is 10.0 Å². The molecule has 2 unspecified atom stereocenters. The normalized spacial score (nSPS) is 19.8. The maximum Gasteiger partial charge on any atom is 0.343 e. The molecule has 1 fully saturated rings. The van der Waals surface area contributed by atoms with Crippen LogP contribution in [0, 0.1) is 11.8 Å². The number of nitrogens with zero attached hydrogens (tertiary/aromatic N) is 1. The number of ether oxygens (including phenoxy) is 2. The van der Waals surface area contributed by atoms with Crippen LogP contribution >= 0.6 is 0 Å². The van der Waals surface area contributed by atoms with Crippen LogP contribution in [0.1, 0.15) is 41.0 Å². The lowest BCUT2D eigenvalue weighted by atomic mass is 9.94. The molecule has 0 spiro atoms. The summed E-state index contributed by atoms with van der Waals surface area (Å²) in [5.41, 5.74) is 0.460. The van der Waals surface area contributed by atoms with E-state index in [1.165, 1.54) is 59.9 Å². The van der Waals surface area contributed by atoms with Crippen LogP contribution < -0.4 is 4.74 Å². The van der Waals surface area contributed by atoms with E-state index in [1.54, 1.807) is 0 Å². The van der Waals surface area contributed by atoms with E-state index in [0.29, 0.717) is 18.7 Å². The van der Waals surface area contributed by atoms with E-state index in [-0.39, 0.29) is 28.0 Å². The zero-order valence-corrected chi connectivity index (χ0v) is 18.0. The summed E-state index contributed by atoms with van der Waals surface area (Å²) in [5.74, 6) is -0.376. The van der Waals surface area contributed by atoms with E-state index >= 15 is 0 Å². The largest absolute Gasteiger partial charge is 0.465 e. The molecule has 160 valence electrons. The lowest BCUT2D eigenvalue weighted by molar-refractivity contribution is 0.0600. The molecular weight excluding hydrogens is 406 g/mol. The molecule has 0 saturated carbocycles. The number of methoxy groups -OCH3 is 1. The Kier molecular flexibility index (Phi) is 6.58. The second-order valence-corrected chi connectivity index (χ2v) is 9.64. The summed E-state index contributed by atoms with van der Waals surface area (Å²) in [6.07, 6.45) is 0.993. The molecule has 7 nitrogen and oxygen atoms in total. The summed E-state index contributed by atoms with van der Waals surface area (Å²) in [6, 6.07) is 11.8. The van der Waals surface area contributed by atoms with E-state index in [1.807, 2.05) is 13.8 Å². The highest BCUT2D eigenvalue weighted by Crippen LogP contribution is 2.27. The summed E-state index contributed by atoms with van der Waals surface area (Å²) in [7, 11) is -2.42. The SMILES string of the molecule is COC(=O)c1ccc(OC(=O)c2cccc(S(=O)(=O)N3CC(C)CC(C)C3)c2)cc1. The zero-order chi connectivity index (χ0) is 21.9. The average Bonchev–Trinajstić information content (AvgIpc) is 2.73. The highest BCUT2D eigenvalue weighted by atomic mass is 32.2. The third-order valence-corrected chi connectivity index (χ3v) is 6.86. The smallest absolute Gasteiger partial charge is 0.343 e. The highest BCUT2D eigenvalue weighted by Gasteiger charge is 2.32. The van der Waals surface area contributed by atoms with E-state index < -0.39 is 22.0 Å². The number of carbonyl (C=O) groups excluding carboxylic acids is 2. The number of hydrogen-bond donors (Lipinski definition) is 0. The van der Waals surface area contributed by atoms with Gasteiger partial charge < -0.3 is 9.47 Å². The first-order chi connectivity index (χ1) is 14.2. The number of hydrogen-bond acceptors (Lipinski definition) is 6. The van der Waals surface area contributed by atoms with E-state index in [4.69, 9.17) is 4.74 Å². The van der Waals surface area contributed by atoms with Gasteiger partial charge in [-0.05, 0) is 60.7 Å². The predicted molar refractivity (Wildman–Crippen MR) is 111 cm³/mol. The van der Waals surface area contributed by atoms with Crippen molar-refractivity contribution in [3.63, 3.8) is 0 Å². The summed E-state index contributed by atoms with van der Waals surface area (Å²) in [5, 5.41) is 0. The van der Waals surface area contributed by atoms with Crippen LogP contribution in [0.4, 0.5) is 0 Å². The van der Waals surface area contributed by atoms with Crippen molar-refractivity contribution in [2.24, 2.45) is 11.8 Å². The van der Waals surface area contributed by atoms with Crippen molar-refractivity contribution in [1.29, 1.82) is 0 Å². The molecular formula is C22H25NO6S. The molecule has 0 N–H and O–H groups in total. The number of carbonyl (C=O) groups is 2. The van der Waals surface area contributed by atoms with Gasteiger partial charge in [-0.25, -0.2) is 18.0 Å². The first kappa shape index (κ1) is 22.0. The number of esters is 2. The molecule has 1 aliphatic rings. The van der Waals surface area contributed by atoms with Crippen molar-refractivity contribution in [3.05, 3.63) is 59.7 Å². The fourth-order valence-corrected chi connectivity index (χ4v) is 5.40. The molecule has 1 aliphatic heterocycles. The van der Waals surface area contributed by atoms with Gasteiger partial charge in [0.1, 0.15) is 5.75 Å². The monoisotopic (exact) mass is 431 g/mol. The summed E-state index contributed by atoms with van der Waals surface area (Å²) < 4.78 is 37.6. The highest BCUT2D eigenvalue weighted by molar-refractivity contribution is 7.89. The Labute approximate surface area is 176 Å². The van der Waals surface area contributed by atoms with E-state index in [9.17, 15) is 18.0 Å².